The maximum atomic E-state index is 10.6. The lowest BCUT2D eigenvalue weighted by atomic mass is 10.1. The van der Waals surface area contributed by atoms with Gasteiger partial charge in [-0.15, -0.1) is 0 Å². The Morgan fingerprint density at radius 1 is 0.967 bits per heavy atom. The third-order valence-electron chi connectivity index (χ3n) is 4.78. The monoisotopic (exact) mass is 404 g/mol. The fourth-order valence-corrected chi connectivity index (χ4v) is 3.22. The number of carboxylic acid groups (broad SMARTS) is 1. The van der Waals surface area contributed by atoms with Gasteiger partial charge < -0.3 is 20.1 Å². The molecule has 1 aliphatic heterocycles. The summed E-state index contributed by atoms with van der Waals surface area (Å²) < 4.78 is 5.98. The van der Waals surface area contributed by atoms with E-state index in [0.717, 1.165) is 30.1 Å². The topological polar surface area (TPSA) is 61.8 Å². The number of anilines is 1. The first-order chi connectivity index (χ1) is 14.7. The van der Waals surface area contributed by atoms with Gasteiger partial charge in [0.25, 0.3) is 0 Å². The van der Waals surface area contributed by atoms with Gasteiger partial charge in [0, 0.05) is 18.3 Å². The van der Waals surface area contributed by atoms with Gasteiger partial charge in [-0.25, -0.2) is 0 Å². The van der Waals surface area contributed by atoms with E-state index in [0.29, 0.717) is 19.6 Å². The van der Waals surface area contributed by atoms with E-state index in [1.54, 1.807) is 0 Å². The zero-order chi connectivity index (χ0) is 21.0. The van der Waals surface area contributed by atoms with Crippen LogP contribution in [-0.2, 0) is 11.2 Å². The van der Waals surface area contributed by atoms with Crippen LogP contribution in [0.3, 0.4) is 0 Å². The number of ether oxygens (including phenoxy) is 1. The Bertz CT molecular complexity index is 886. The van der Waals surface area contributed by atoms with Gasteiger partial charge in [-0.3, -0.25) is 4.79 Å². The number of carbonyl (C=O) groups is 1. The fourth-order valence-electron chi connectivity index (χ4n) is 3.22. The maximum Gasteiger partial charge on any atom is 0.303 e. The predicted octanol–water partition coefficient (Wildman–Crippen LogP) is 4.88. The van der Waals surface area contributed by atoms with Crippen molar-refractivity contribution in [3.05, 3.63) is 96.5 Å². The molecule has 0 amide bonds. The summed E-state index contributed by atoms with van der Waals surface area (Å²) in [4.78, 5) is 12.8. The van der Waals surface area contributed by atoms with Crippen molar-refractivity contribution in [2.45, 2.75) is 25.7 Å². The average Bonchev–Trinajstić information content (AvgIpc) is 3.05. The summed E-state index contributed by atoms with van der Waals surface area (Å²) in [6.07, 6.45) is 12.6. The number of aliphatic carboxylic acids is 1. The van der Waals surface area contributed by atoms with E-state index in [2.05, 4.69) is 34.5 Å². The molecular formula is C25H28N2O3. The maximum absolute atomic E-state index is 10.6. The molecular weight excluding hydrogens is 376 g/mol. The van der Waals surface area contributed by atoms with Gasteiger partial charge in [0.05, 0.1) is 6.54 Å². The summed E-state index contributed by atoms with van der Waals surface area (Å²) in [5.74, 6) is 1.09. The van der Waals surface area contributed by atoms with Crippen molar-refractivity contribution >= 4 is 11.7 Å². The lowest BCUT2D eigenvalue weighted by molar-refractivity contribution is -0.137. The Morgan fingerprint density at radius 3 is 2.53 bits per heavy atom. The molecule has 5 nitrogen and oxygen atoms in total. The SMILES string of the molecule is O=C(O)CCCCc1ccc(OCCN(C2=CC=CC=CN2)c2ccccc2)cc1. The average molecular weight is 405 g/mol. The van der Waals surface area contributed by atoms with Crippen LogP contribution in [-0.4, -0.2) is 24.2 Å². The van der Waals surface area contributed by atoms with Crippen LogP contribution in [0.2, 0.25) is 0 Å². The molecule has 2 aromatic rings. The summed E-state index contributed by atoms with van der Waals surface area (Å²) in [6.45, 7) is 1.24. The number of carboxylic acids is 1. The van der Waals surface area contributed by atoms with E-state index < -0.39 is 5.97 Å². The zero-order valence-corrected chi connectivity index (χ0v) is 17.0. The number of hydrogen-bond donors (Lipinski definition) is 2. The molecule has 3 rings (SSSR count). The summed E-state index contributed by atoms with van der Waals surface area (Å²) in [6, 6.07) is 18.3. The standard InChI is InChI=1S/C25H28N2O3/c28-25(29)13-7-6-9-21-14-16-23(17-15-21)30-20-19-27(22-10-3-1-4-11-22)24-12-5-2-8-18-26-24/h1-5,8,10-12,14-18,26H,6-7,9,13,19-20H2,(H,28,29). The number of para-hydroxylation sites is 1. The second-order valence-corrected chi connectivity index (χ2v) is 7.02. The quantitative estimate of drug-likeness (QED) is 0.523. The van der Waals surface area contributed by atoms with Gasteiger partial charge in [0.2, 0.25) is 0 Å². The highest BCUT2D eigenvalue weighted by atomic mass is 16.5. The number of nitrogens with zero attached hydrogens (tertiary/aromatic N) is 1. The van der Waals surface area contributed by atoms with Crippen LogP contribution in [0.4, 0.5) is 5.69 Å². The highest BCUT2D eigenvalue weighted by Gasteiger charge is 2.11. The molecule has 1 aliphatic rings. The van der Waals surface area contributed by atoms with E-state index >= 15 is 0 Å². The molecule has 1 heterocycles. The van der Waals surface area contributed by atoms with Crippen molar-refractivity contribution in [2.75, 3.05) is 18.1 Å². The lowest BCUT2D eigenvalue weighted by Gasteiger charge is -2.27. The normalized spacial score (nSPS) is 12.6. The first-order valence-electron chi connectivity index (χ1n) is 10.3. The van der Waals surface area contributed by atoms with Gasteiger partial charge >= 0.3 is 5.97 Å². The Balaban J connectivity index is 1.53. The number of nitrogens with one attached hydrogen (secondary N) is 1. The predicted molar refractivity (Wildman–Crippen MR) is 120 cm³/mol. The van der Waals surface area contributed by atoms with Crippen LogP contribution < -0.4 is 15.0 Å². The smallest absolute Gasteiger partial charge is 0.303 e. The van der Waals surface area contributed by atoms with Crippen molar-refractivity contribution in [3.8, 4) is 5.75 Å². The molecule has 0 saturated heterocycles. The summed E-state index contributed by atoms with van der Waals surface area (Å²) >= 11 is 0. The van der Waals surface area contributed by atoms with Crippen molar-refractivity contribution < 1.29 is 14.6 Å². The highest BCUT2D eigenvalue weighted by molar-refractivity contribution is 5.66. The number of allylic oxidation sites excluding steroid dienone is 4. The van der Waals surface area contributed by atoms with Gasteiger partial charge in [0.15, 0.2) is 0 Å². The van der Waals surface area contributed by atoms with Crippen LogP contribution >= 0.6 is 0 Å². The molecule has 0 atom stereocenters. The first-order valence-corrected chi connectivity index (χ1v) is 10.3. The van der Waals surface area contributed by atoms with Crippen molar-refractivity contribution in [1.82, 2.24) is 5.32 Å². The molecule has 156 valence electrons. The number of unbranched alkanes of at least 4 members (excludes halogenated alkanes) is 1. The zero-order valence-electron chi connectivity index (χ0n) is 17.0. The van der Waals surface area contributed by atoms with E-state index in [1.807, 2.05) is 60.8 Å². The van der Waals surface area contributed by atoms with Crippen LogP contribution in [0.5, 0.6) is 5.75 Å². The third kappa shape index (κ3) is 6.85. The van der Waals surface area contributed by atoms with Crippen molar-refractivity contribution in [3.63, 3.8) is 0 Å². The molecule has 2 aromatic carbocycles. The minimum Gasteiger partial charge on any atom is -0.492 e. The largest absolute Gasteiger partial charge is 0.492 e. The van der Waals surface area contributed by atoms with Gasteiger partial charge in [-0.05, 0) is 61.2 Å². The van der Waals surface area contributed by atoms with Crippen LogP contribution in [0.25, 0.3) is 0 Å². The molecule has 0 radical (unpaired) electrons. The van der Waals surface area contributed by atoms with Crippen LogP contribution in [0, 0.1) is 0 Å². The van der Waals surface area contributed by atoms with Gasteiger partial charge in [-0.2, -0.15) is 0 Å². The van der Waals surface area contributed by atoms with Crippen LogP contribution in [0.1, 0.15) is 24.8 Å². The van der Waals surface area contributed by atoms with Crippen LogP contribution in [0.15, 0.2) is 90.9 Å². The van der Waals surface area contributed by atoms with E-state index in [1.165, 1.54) is 5.56 Å². The first kappa shape index (κ1) is 21.2. The minimum absolute atomic E-state index is 0.232. The third-order valence-corrected chi connectivity index (χ3v) is 4.78. The van der Waals surface area contributed by atoms with Crippen molar-refractivity contribution in [2.24, 2.45) is 0 Å². The summed E-state index contributed by atoms with van der Waals surface area (Å²) in [5.41, 5.74) is 2.30. The summed E-state index contributed by atoms with van der Waals surface area (Å²) in [5, 5.41) is 12.0. The lowest BCUT2D eigenvalue weighted by Crippen LogP contribution is -2.33. The second-order valence-electron chi connectivity index (χ2n) is 7.02. The number of hydrogen-bond acceptors (Lipinski definition) is 4. The number of aryl methyl sites for hydroxylation is 1. The molecule has 0 aliphatic carbocycles. The Hall–Kier alpha value is -3.47. The fraction of sp³-hybridized carbons (Fsp3) is 0.240. The second kappa shape index (κ2) is 11.5. The molecule has 0 fully saturated rings. The Labute approximate surface area is 178 Å². The van der Waals surface area contributed by atoms with E-state index in [4.69, 9.17) is 9.84 Å². The van der Waals surface area contributed by atoms with Gasteiger partial charge in [0.1, 0.15) is 18.2 Å². The Morgan fingerprint density at radius 2 is 1.77 bits per heavy atom. The van der Waals surface area contributed by atoms with E-state index in [-0.39, 0.29) is 6.42 Å². The highest BCUT2D eigenvalue weighted by Crippen LogP contribution is 2.19. The molecule has 0 saturated carbocycles. The minimum atomic E-state index is -0.731. The van der Waals surface area contributed by atoms with E-state index in [9.17, 15) is 4.79 Å². The molecule has 30 heavy (non-hydrogen) atoms. The number of benzene rings is 2. The summed E-state index contributed by atoms with van der Waals surface area (Å²) in [7, 11) is 0. The van der Waals surface area contributed by atoms with Gasteiger partial charge in [-0.1, -0.05) is 42.5 Å². The number of rotatable bonds is 11. The Kier molecular flexibility index (Phi) is 8.15. The molecule has 5 heteroatoms. The molecule has 2 N–H and O–H groups in total. The van der Waals surface area contributed by atoms with Crippen molar-refractivity contribution in [1.29, 1.82) is 0 Å². The molecule has 0 spiro atoms. The molecule has 0 aromatic heterocycles. The molecule has 0 unspecified atom stereocenters. The molecule has 0 bridgehead atoms.